The molecule has 0 aromatic heterocycles. The van der Waals surface area contributed by atoms with Crippen LogP contribution in [0.2, 0.25) is 0 Å². The van der Waals surface area contributed by atoms with Crippen molar-refractivity contribution >= 4 is 11.8 Å². The molecule has 1 heterocycles. The Hall–Kier alpha value is -1.92. The molecule has 4 N–H and O–H groups in total. The molecule has 0 aliphatic carbocycles. The molecule has 120 valence electrons. The first kappa shape index (κ1) is 16.5. The van der Waals surface area contributed by atoms with Gasteiger partial charge in [0.2, 0.25) is 5.91 Å². The number of rotatable bonds is 5. The average Bonchev–Trinajstić information content (AvgIpc) is 2.45. The number of nitrogens with zero attached hydrogens (tertiary/aromatic N) is 1. The van der Waals surface area contributed by atoms with Gasteiger partial charge in [0.15, 0.2) is 5.60 Å². The number of aliphatic hydroxyl groups is 1. The molecule has 2 amide bonds. The highest BCUT2D eigenvalue weighted by molar-refractivity contribution is 5.84. The second-order valence-corrected chi connectivity index (χ2v) is 5.98. The maximum Gasteiger partial charge on any atom is 0.250 e. The lowest BCUT2D eigenvalue weighted by molar-refractivity contribution is -0.143. The van der Waals surface area contributed by atoms with Crippen LogP contribution in [0.4, 0.5) is 0 Å². The molecule has 1 saturated heterocycles. The fourth-order valence-electron chi connectivity index (χ4n) is 2.74. The van der Waals surface area contributed by atoms with Crippen molar-refractivity contribution in [2.75, 3.05) is 19.6 Å². The smallest absolute Gasteiger partial charge is 0.250 e. The van der Waals surface area contributed by atoms with E-state index in [4.69, 9.17) is 5.73 Å². The number of nitrogens with one attached hydrogen (secondary N) is 1. The minimum atomic E-state index is -1.52. The summed E-state index contributed by atoms with van der Waals surface area (Å²) in [5.41, 5.74) is 5.90. The van der Waals surface area contributed by atoms with E-state index >= 15 is 0 Å². The Morgan fingerprint density at radius 1 is 1.45 bits per heavy atom. The maximum atomic E-state index is 12.0. The van der Waals surface area contributed by atoms with Crippen molar-refractivity contribution in [3.63, 3.8) is 0 Å². The lowest BCUT2D eigenvalue weighted by atomic mass is 9.92. The number of amides is 2. The number of primary amides is 1. The SMILES string of the molecule is Cc1cccc(CNC(=O)CN2CCC[C@](O)(C(N)=O)C2)c1. The zero-order chi connectivity index (χ0) is 16.2. The van der Waals surface area contributed by atoms with E-state index in [1.807, 2.05) is 31.2 Å². The fourth-order valence-corrected chi connectivity index (χ4v) is 2.74. The van der Waals surface area contributed by atoms with Gasteiger partial charge in [-0.05, 0) is 31.9 Å². The summed E-state index contributed by atoms with van der Waals surface area (Å²) < 4.78 is 0. The van der Waals surface area contributed by atoms with Crippen molar-refractivity contribution < 1.29 is 14.7 Å². The van der Waals surface area contributed by atoms with Crippen LogP contribution in [-0.4, -0.2) is 47.1 Å². The third kappa shape index (κ3) is 4.29. The maximum absolute atomic E-state index is 12.0. The van der Waals surface area contributed by atoms with Gasteiger partial charge in [-0.15, -0.1) is 0 Å². The van der Waals surface area contributed by atoms with Crippen LogP contribution < -0.4 is 11.1 Å². The van der Waals surface area contributed by atoms with E-state index in [-0.39, 0.29) is 19.0 Å². The number of benzene rings is 1. The van der Waals surface area contributed by atoms with Crippen LogP contribution in [0.3, 0.4) is 0 Å². The molecule has 0 unspecified atom stereocenters. The second kappa shape index (κ2) is 6.89. The quantitative estimate of drug-likeness (QED) is 0.709. The van der Waals surface area contributed by atoms with Crippen molar-refractivity contribution in [1.82, 2.24) is 10.2 Å². The molecule has 1 aliphatic rings. The molecule has 1 aromatic carbocycles. The summed E-state index contributed by atoms with van der Waals surface area (Å²) in [5, 5.41) is 13.0. The van der Waals surface area contributed by atoms with Gasteiger partial charge >= 0.3 is 0 Å². The van der Waals surface area contributed by atoms with Crippen LogP contribution in [0.1, 0.15) is 24.0 Å². The Kier molecular flexibility index (Phi) is 5.15. The number of piperidine rings is 1. The van der Waals surface area contributed by atoms with E-state index in [1.165, 1.54) is 0 Å². The summed E-state index contributed by atoms with van der Waals surface area (Å²) in [6.07, 6.45) is 0.994. The van der Waals surface area contributed by atoms with Crippen LogP contribution in [0.15, 0.2) is 24.3 Å². The van der Waals surface area contributed by atoms with Crippen LogP contribution in [0.5, 0.6) is 0 Å². The third-order valence-corrected chi connectivity index (χ3v) is 3.95. The Balaban J connectivity index is 1.83. The van der Waals surface area contributed by atoms with Gasteiger partial charge in [-0.3, -0.25) is 14.5 Å². The number of aryl methyl sites for hydroxylation is 1. The molecule has 0 saturated carbocycles. The fraction of sp³-hybridized carbons (Fsp3) is 0.500. The van der Waals surface area contributed by atoms with Gasteiger partial charge in [-0.1, -0.05) is 29.8 Å². The highest BCUT2D eigenvalue weighted by Crippen LogP contribution is 2.20. The number of hydrogen-bond acceptors (Lipinski definition) is 4. The zero-order valence-electron chi connectivity index (χ0n) is 12.8. The predicted molar refractivity (Wildman–Crippen MR) is 82.8 cm³/mol. The minimum absolute atomic E-state index is 0.111. The van der Waals surface area contributed by atoms with Gasteiger partial charge in [-0.2, -0.15) is 0 Å². The largest absolute Gasteiger partial charge is 0.379 e. The first-order chi connectivity index (χ1) is 10.4. The molecule has 0 radical (unpaired) electrons. The number of carbonyl (C=O) groups excluding carboxylic acids is 2. The monoisotopic (exact) mass is 305 g/mol. The van der Waals surface area contributed by atoms with Gasteiger partial charge in [0.05, 0.1) is 6.54 Å². The number of hydrogen-bond donors (Lipinski definition) is 3. The minimum Gasteiger partial charge on any atom is -0.379 e. The Morgan fingerprint density at radius 2 is 2.23 bits per heavy atom. The molecule has 1 aliphatic heterocycles. The zero-order valence-corrected chi connectivity index (χ0v) is 12.8. The molecule has 22 heavy (non-hydrogen) atoms. The molecule has 6 heteroatoms. The van der Waals surface area contributed by atoms with Gasteiger partial charge in [-0.25, -0.2) is 0 Å². The molecule has 2 rings (SSSR count). The number of likely N-dealkylation sites (tertiary alicyclic amines) is 1. The highest BCUT2D eigenvalue weighted by atomic mass is 16.3. The van der Waals surface area contributed by atoms with Crippen LogP contribution >= 0.6 is 0 Å². The predicted octanol–water partition coefficient (Wildman–Crippen LogP) is -0.0766. The standard InChI is InChI=1S/C16H23N3O3/c1-12-4-2-5-13(8-12)9-18-14(20)10-19-7-3-6-16(22,11-19)15(17)21/h2,4-5,8,22H,3,6-7,9-11H2,1H3,(H2,17,21)(H,18,20)/t16-/m1/s1. The molecule has 1 fully saturated rings. The summed E-state index contributed by atoms with van der Waals surface area (Å²) in [5.74, 6) is -0.854. The van der Waals surface area contributed by atoms with Crippen LogP contribution in [-0.2, 0) is 16.1 Å². The van der Waals surface area contributed by atoms with E-state index in [2.05, 4.69) is 5.32 Å². The second-order valence-electron chi connectivity index (χ2n) is 5.98. The molecule has 6 nitrogen and oxygen atoms in total. The van der Waals surface area contributed by atoms with Gasteiger partial charge in [0.25, 0.3) is 5.91 Å². The Morgan fingerprint density at radius 3 is 2.91 bits per heavy atom. The lowest BCUT2D eigenvalue weighted by Crippen LogP contribution is -2.57. The summed E-state index contributed by atoms with van der Waals surface area (Å²) >= 11 is 0. The summed E-state index contributed by atoms with van der Waals surface area (Å²) in [6.45, 7) is 3.41. The number of β-amino-alcohol motifs (C(OH)–C–C–N with tert-alkyl or cyclic N) is 1. The molecule has 1 atom stereocenters. The molecule has 0 spiro atoms. The van der Waals surface area contributed by atoms with Crippen molar-refractivity contribution in [2.24, 2.45) is 5.73 Å². The Labute approximate surface area is 130 Å². The summed E-state index contributed by atoms with van der Waals surface area (Å²) in [7, 11) is 0. The third-order valence-electron chi connectivity index (χ3n) is 3.95. The van der Waals surface area contributed by atoms with Crippen molar-refractivity contribution in [3.8, 4) is 0 Å². The van der Waals surface area contributed by atoms with Crippen molar-refractivity contribution in [3.05, 3.63) is 35.4 Å². The summed E-state index contributed by atoms with van der Waals surface area (Å²) in [4.78, 5) is 25.1. The first-order valence-electron chi connectivity index (χ1n) is 7.46. The topological polar surface area (TPSA) is 95.7 Å². The van der Waals surface area contributed by atoms with E-state index in [1.54, 1.807) is 4.90 Å². The van der Waals surface area contributed by atoms with Gasteiger partial charge < -0.3 is 16.2 Å². The average molecular weight is 305 g/mol. The van der Waals surface area contributed by atoms with E-state index in [0.29, 0.717) is 25.9 Å². The highest BCUT2D eigenvalue weighted by Gasteiger charge is 2.38. The lowest BCUT2D eigenvalue weighted by Gasteiger charge is -2.36. The first-order valence-corrected chi connectivity index (χ1v) is 7.46. The number of nitrogens with two attached hydrogens (primary N) is 1. The van der Waals surface area contributed by atoms with Crippen LogP contribution in [0.25, 0.3) is 0 Å². The van der Waals surface area contributed by atoms with Crippen molar-refractivity contribution in [1.29, 1.82) is 0 Å². The van der Waals surface area contributed by atoms with E-state index in [0.717, 1.165) is 11.1 Å². The Bertz CT molecular complexity index is 561. The molecule has 1 aromatic rings. The molecule has 0 bridgehead atoms. The van der Waals surface area contributed by atoms with Gasteiger partial charge in [0, 0.05) is 13.1 Å². The molecular weight excluding hydrogens is 282 g/mol. The normalized spacial score (nSPS) is 22.3. The number of carbonyl (C=O) groups is 2. The molecular formula is C16H23N3O3. The summed E-state index contributed by atoms with van der Waals surface area (Å²) in [6, 6.07) is 7.94. The van der Waals surface area contributed by atoms with Crippen molar-refractivity contribution in [2.45, 2.75) is 31.9 Å². The van der Waals surface area contributed by atoms with E-state index in [9.17, 15) is 14.7 Å². The van der Waals surface area contributed by atoms with Gasteiger partial charge in [0.1, 0.15) is 0 Å². The van der Waals surface area contributed by atoms with E-state index < -0.39 is 11.5 Å². The van der Waals surface area contributed by atoms with Crippen LogP contribution in [0, 0.1) is 6.92 Å².